The van der Waals surface area contributed by atoms with E-state index in [4.69, 9.17) is 13.9 Å². The highest BCUT2D eigenvalue weighted by atomic mass is 127. The van der Waals surface area contributed by atoms with Crippen molar-refractivity contribution in [1.29, 1.82) is 0 Å². The fourth-order valence-electron chi connectivity index (χ4n) is 4.03. The van der Waals surface area contributed by atoms with E-state index in [1.54, 1.807) is 19.2 Å². The monoisotopic (exact) mass is 554 g/mol. The largest absolute Gasteiger partial charge is 0.488 e. The molecular weight excluding hydrogens is 523 g/mol. The second-order valence-electron chi connectivity index (χ2n) is 8.36. The SMILES string of the molecule is CN=C(NCCOc1cccc2c1OC(C)(C)C2)N1CCN(C(=O)c2ccco2)CC1.I. The molecule has 32 heavy (non-hydrogen) atoms. The highest BCUT2D eigenvalue weighted by Crippen LogP contribution is 2.41. The zero-order valence-electron chi connectivity index (χ0n) is 18.8. The number of piperazine rings is 1. The molecular formula is C23H31IN4O4. The number of rotatable bonds is 5. The average Bonchev–Trinajstić information content (AvgIpc) is 3.40. The van der Waals surface area contributed by atoms with Gasteiger partial charge in [-0.2, -0.15) is 0 Å². The number of benzene rings is 1. The zero-order chi connectivity index (χ0) is 21.8. The molecule has 4 rings (SSSR count). The number of halogens is 1. The predicted molar refractivity (Wildman–Crippen MR) is 133 cm³/mol. The Bertz CT molecular complexity index is 937. The summed E-state index contributed by atoms with van der Waals surface area (Å²) in [4.78, 5) is 20.8. The van der Waals surface area contributed by atoms with Crippen molar-refractivity contribution >= 4 is 35.8 Å². The number of guanidine groups is 1. The van der Waals surface area contributed by atoms with Crippen LogP contribution in [-0.4, -0.2) is 73.6 Å². The summed E-state index contributed by atoms with van der Waals surface area (Å²) < 4.78 is 17.3. The molecule has 174 valence electrons. The molecule has 9 heteroatoms. The van der Waals surface area contributed by atoms with Gasteiger partial charge in [-0.05, 0) is 32.0 Å². The topological polar surface area (TPSA) is 79.5 Å². The van der Waals surface area contributed by atoms with Crippen molar-refractivity contribution in [1.82, 2.24) is 15.1 Å². The summed E-state index contributed by atoms with van der Waals surface area (Å²) >= 11 is 0. The van der Waals surface area contributed by atoms with Crippen LogP contribution < -0.4 is 14.8 Å². The molecule has 0 atom stereocenters. The molecule has 1 amide bonds. The molecule has 1 aromatic carbocycles. The maximum atomic E-state index is 12.4. The fraction of sp³-hybridized carbons (Fsp3) is 0.478. The first-order valence-corrected chi connectivity index (χ1v) is 10.7. The molecule has 0 spiro atoms. The predicted octanol–water partition coefficient (Wildman–Crippen LogP) is 3.02. The number of amides is 1. The lowest BCUT2D eigenvalue weighted by atomic mass is 10.0. The van der Waals surface area contributed by atoms with Crippen LogP contribution in [0.5, 0.6) is 11.5 Å². The van der Waals surface area contributed by atoms with Gasteiger partial charge >= 0.3 is 0 Å². The van der Waals surface area contributed by atoms with Gasteiger partial charge in [-0.15, -0.1) is 24.0 Å². The zero-order valence-corrected chi connectivity index (χ0v) is 21.1. The highest BCUT2D eigenvalue weighted by molar-refractivity contribution is 14.0. The second-order valence-corrected chi connectivity index (χ2v) is 8.36. The Morgan fingerprint density at radius 2 is 1.91 bits per heavy atom. The lowest BCUT2D eigenvalue weighted by Crippen LogP contribution is -2.54. The van der Waals surface area contributed by atoms with Gasteiger partial charge < -0.3 is 29.0 Å². The Labute approximate surface area is 206 Å². The molecule has 2 aliphatic heterocycles. The van der Waals surface area contributed by atoms with E-state index < -0.39 is 0 Å². The van der Waals surface area contributed by atoms with E-state index in [-0.39, 0.29) is 35.5 Å². The quantitative estimate of drug-likeness (QED) is 0.265. The molecule has 1 fully saturated rings. The van der Waals surface area contributed by atoms with Crippen LogP contribution in [0, 0.1) is 0 Å². The van der Waals surface area contributed by atoms with Gasteiger partial charge in [0, 0.05) is 45.2 Å². The molecule has 3 heterocycles. The summed E-state index contributed by atoms with van der Waals surface area (Å²) in [6, 6.07) is 9.48. The molecule has 1 saturated heterocycles. The van der Waals surface area contributed by atoms with Gasteiger partial charge in [0.2, 0.25) is 0 Å². The Kier molecular flexibility index (Phi) is 7.91. The van der Waals surface area contributed by atoms with E-state index in [1.807, 2.05) is 17.0 Å². The van der Waals surface area contributed by atoms with Gasteiger partial charge in [0.05, 0.1) is 12.8 Å². The summed E-state index contributed by atoms with van der Waals surface area (Å²) in [6.45, 7) is 7.96. The van der Waals surface area contributed by atoms with E-state index in [9.17, 15) is 4.79 Å². The average molecular weight is 554 g/mol. The molecule has 0 radical (unpaired) electrons. The lowest BCUT2D eigenvalue weighted by Gasteiger charge is -2.36. The van der Waals surface area contributed by atoms with Crippen LogP contribution in [0.3, 0.4) is 0 Å². The minimum Gasteiger partial charge on any atom is -0.488 e. The molecule has 0 bridgehead atoms. The van der Waals surface area contributed by atoms with E-state index >= 15 is 0 Å². The van der Waals surface area contributed by atoms with Crippen molar-refractivity contribution in [2.24, 2.45) is 4.99 Å². The summed E-state index contributed by atoms with van der Waals surface area (Å²) in [5, 5.41) is 3.35. The Morgan fingerprint density at radius 1 is 1.16 bits per heavy atom. The third kappa shape index (κ3) is 5.48. The van der Waals surface area contributed by atoms with E-state index in [1.165, 1.54) is 11.8 Å². The maximum Gasteiger partial charge on any atom is 0.289 e. The first-order chi connectivity index (χ1) is 15.0. The Morgan fingerprint density at radius 3 is 2.59 bits per heavy atom. The van der Waals surface area contributed by atoms with Gasteiger partial charge in [-0.25, -0.2) is 0 Å². The fourth-order valence-corrected chi connectivity index (χ4v) is 4.03. The van der Waals surface area contributed by atoms with Crippen LogP contribution in [0.4, 0.5) is 0 Å². The van der Waals surface area contributed by atoms with Crippen LogP contribution in [0.2, 0.25) is 0 Å². The number of nitrogens with zero attached hydrogens (tertiary/aromatic N) is 3. The minimum absolute atomic E-state index is 0. The van der Waals surface area contributed by atoms with Crippen molar-refractivity contribution in [3.63, 3.8) is 0 Å². The highest BCUT2D eigenvalue weighted by Gasteiger charge is 2.32. The van der Waals surface area contributed by atoms with Crippen molar-refractivity contribution in [2.45, 2.75) is 25.9 Å². The lowest BCUT2D eigenvalue weighted by molar-refractivity contribution is 0.0657. The van der Waals surface area contributed by atoms with Gasteiger partial charge in [-0.1, -0.05) is 12.1 Å². The van der Waals surface area contributed by atoms with Crippen molar-refractivity contribution in [3.05, 3.63) is 47.9 Å². The third-order valence-corrected chi connectivity index (χ3v) is 5.51. The first kappa shape index (κ1) is 24.2. The summed E-state index contributed by atoms with van der Waals surface area (Å²) in [5.41, 5.74) is 0.996. The van der Waals surface area contributed by atoms with Crippen molar-refractivity contribution < 1.29 is 18.7 Å². The van der Waals surface area contributed by atoms with Gasteiger partial charge in [-0.3, -0.25) is 9.79 Å². The maximum absolute atomic E-state index is 12.4. The van der Waals surface area contributed by atoms with E-state index in [0.717, 1.165) is 23.9 Å². The molecule has 2 aromatic rings. The number of hydrogen-bond acceptors (Lipinski definition) is 5. The molecule has 0 aliphatic carbocycles. The Balaban J connectivity index is 0.00000289. The number of furan rings is 1. The number of carbonyl (C=O) groups is 1. The van der Waals surface area contributed by atoms with Gasteiger partial charge in [0.15, 0.2) is 23.2 Å². The third-order valence-electron chi connectivity index (χ3n) is 5.51. The number of para-hydroxylation sites is 1. The van der Waals surface area contributed by atoms with Crippen LogP contribution in [-0.2, 0) is 6.42 Å². The van der Waals surface area contributed by atoms with E-state index in [2.05, 4.69) is 35.1 Å². The number of carbonyl (C=O) groups excluding carboxylic acids is 1. The van der Waals surface area contributed by atoms with Gasteiger partial charge in [0.1, 0.15) is 12.2 Å². The molecule has 0 saturated carbocycles. The number of nitrogens with one attached hydrogen (secondary N) is 1. The normalized spacial score (nSPS) is 17.3. The Hall–Kier alpha value is -2.43. The molecule has 1 aromatic heterocycles. The van der Waals surface area contributed by atoms with Crippen LogP contribution in [0.1, 0.15) is 30.0 Å². The number of hydrogen-bond donors (Lipinski definition) is 1. The van der Waals surface area contributed by atoms with E-state index in [0.29, 0.717) is 45.1 Å². The minimum atomic E-state index is -0.192. The standard InChI is InChI=1S/C23H30N4O4.HI/c1-23(2)16-17-6-4-7-18(20(17)31-23)30-15-9-25-22(24-3)27-12-10-26(11-13-27)21(28)19-8-5-14-29-19;/h4-8,14H,9-13,15-16H2,1-3H3,(H,24,25);1H. The van der Waals surface area contributed by atoms with Crippen LogP contribution in [0.25, 0.3) is 0 Å². The second kappa shape index (κ2) is 10.5. The summed E-state index contributed by atoms with van der Waals surface area (Å²) in [6.07, 6.45) is 2.41. The smallest absolute Gasteiger partial charge is 0.289 e. The van der Waals surface area contributed by atoms with Crippen LogP contribution in [0.15, 0.2) is 46.0 Å². The van der Waals surface area contributed by atoms with Crippen molar-refractivity contribution in [3.8, 4) is 11.5 Å². The number of ether oxygens (including phenoxy) is 2. The molecule has 1 N–H and O–H groups in total. The molecule has 0 unspecified atom stereocenters. The van der Waals surface area contributed by atoms with Crippen LogP contribution >= 0.6 is 24.0 Å². The number of fused-ring (bicyclic) bond motifs is 1. The number of aliphatic imine (C=N–C) groups is 1. The first-order valence-electron chi connectivity index (χ1n) is 10.7. The molecule has 2 aliphatic rings. The summed E-state index contributed by atoms with van der Waals surface area (Å²) in [5.74, 6) is 2.76. The summed E-state index contributed by atoms with van der Waals surface area (Å²) in [7, 11) is 1.77. The van der Waals surface area contributed by atoms with Crippen molar-refractivity contribution in [2.75, 3.05) is 46.4 Å². The molecule has 8 nitrogen and oxygen atoms in total. The van der Waals surface area contributed by atoms with Gasteiger partial charge in [0.25, 0.3) is 5.91 Å².